The number of hydrogen-bond acceptors (Lipinski definition) is 2. The third-order valence-electron chi connectivity index (χ3n) is 2.16. The standard InChI is InChI=1S/C14H18O3/c1-10(2)17-13-8-7-12(9-11(13)3)5-4-6-14(15)16/h4-5,7-10H,6H2,1-3H3,(H,15,16)/b5-4+. The van der Waals surface area contributed by atoms with E-state index in [-0.39, 0.29) is 12.5 Å². The Morgan fingerprint density at radius 3 is 2.71 bits per heavy atom. The molecule has 1 aromatic rings. The van der Waals surface area contributed by atoms with Crippen LogP contribution in [0.1, 0.15) is 31.4 Å². The number of carboxylic acid groups (broad SMARTS) is 1. The smallest absolute Gasteiger partial charge is 0.307 e. The first-order valence-electron chi connectivity index (χ1n) is 5.64. The predicted octanol–water partition coefficient (Wildman–Crippen LogP) is 3.27. The van der Waals surface area contributed by atoms with Crippen molar-refractivity contribution < 1.29 is 14.6 Å². The Balaban J connectivity index is 2.74. The summed E-state index contributed by atoms with van der Waals surface area (Å²) in [7, 11) is 0. The SMILES string of the molecule is Cc1cc(/C=C/CC(=O)O)ccc1OC(C)C. The highest BCUT2D eigenvalue weighted by molar-refractivity contribution is 5.70. The lowest BCUT2D eigenvalue weighted by molar-refractivity contribution is -0.135. The van der Waals surface area contributed by atoms with Crippen LogP contribution in [0.15, 0.2) is 24.3 Å². The number of ether oxygens (including phenoxy) is 1. The van der Waals surface area contributed by atoms with Crippen molar-refractivity contribution in [3.8, 4) is 5.75 Å². The molecule has 0 spiro atoms. The molecule has 0 saturated carbocycles. The summed E-state index contributed by atoms with van der Waals surface area (Å²) in [6, 6.07) is 5.81. The second-order valence-corrected chi connectivity index (χ2v) is 4.19. The lowest BCUT2D eigenvalue weighted by atomic mass is 10.1. The van der Waals surface area contributed by atoms with Crippen LogP contribution in [0.5, 0.6) is 5.75 Å². The molecule has 3 heteroatoms. The molecule has 0 aliphatic rings. The van der Waals surface area contributed by atoms with Gasteiger partial charge in [-0.25, -0.2) is 0 Å². The minimum absolute atomic E-state index is 0.0449. The molecule has 0 fully saturated rings. The van der Waals surface area contributed by atoms with Gasteiger partial charge in [-0.3, -0.25) is 4.79 Å². The van der Waals surface area contributed by atoms with Crippen LogP contribution in [0, 0.1) is 6.92 Å². The van der Waals surface area contributed by atoms with Crippen molar-refractivity contribution in [2.45, 2.75) is 33.3 Å². The minimum Gasteiger partial charge on any atom is -0.491 e. The first-order chi connectivity index (χ1) is 7.99. The van der Waals surface area contributed by atoms with Crippen molar-refractivity contribution in [3.63, 3.8) is 0 Å². The monoisotopic (exact) mass is 234 g/mol. The van der Waals surface area contributed by atoms with Crippen LogP contribution in [0.3, 0.4) is 0 Å². The van der Waals surface area contributed by atoms with Gasteiger partial charge in [0.1, 0.15) is 5.75 Å². The third-order valence-corrected chi connectivity index (χ3v) is 2.16. The van der Waals surface area contributed by atoms with Gasteiger partial charge >= 0.3 is 5.97 Å². The Bertz CT molecular complexity index is 419. The minimum atomic E-state index is -0.822. The molecule has 0 unspecified atom stereocenters. The molecular formula is C14H18O3. The van der Waals surface area contributed by atoms with Crippen LogP contribution in [0.4, 0.5) is 0 Å². The fraction of sp³-hybridized carbons (Fsp3) is 0.357. The highest BCUT2D eigenvalue weighted by atomic mass is 16.5. The molecule has 1 N–H and O–H groups in total. The Hall–Kier alpha value is -1.77. The Morgan fingerprint density at radius 1 is 1.47 bits per heavy atom. The lowest BCUT2D eigenvalue weighted by Crippen LogP contribution is -2.06. The van der Waals surface area contributed by atoms with E-state index < -0.39 is 5.97 Å². The van der Waals surface area contributed by atoms with Gasteiger partial charge in [-0.1, -0.05) is 18.2 Å². The fourth-order valence-electron chi connectivity index (χ4n) is 1.46. The summed E-state index contributed by atoms with van der Waals surface area (Å²) < 4.78 is 5.62. The van der Waals surface area contributed by atoms with E-state index in [1.807, 2.05) is 39.0 Å². The Labute approximate surface area is 102 Å². The quantitative estimate of drug-likeness (QED) is 0.850. The zero-order valence-electron chi connectivity index (χ0n) is 10.4. The van der Waals surface area contributed by atoms with E-state index in [0.717, 1.165) is 16.9 Å². The summed E-state index contributed by atoms with van der Waals surface area (Å²) in [6.45, 7) is 5.95. The van der Waals surface area contributed by atoms with E-state index in [2.05, 4.69) is 0 Å². The molecule has 92 valence electrons. The van der Waals surface area contributed by atoms with E-state index in [1.165, 1.54) is 0 Å². The molecule has 17 heavy (non-hydrogen) atoms. The summed E-state index contributed by atoms with van der Waals surface area (Å²) in [5.41, 5.74) is 2.04. The predicted molar refractivity (Wildman–Crippen MR) is 68.2 cm³/mol. The van der Waals surface area contributed by atoms with Crippen LogP contribution in [0.2, 0.25) is 0 Å². The molecule has 0 heterocycles. The number of carbonyl (C=O) groups is 1. The summed E-state index contributed by atoms with van der Waals surface area (Å²) >= 11 is 0. The number of aliphatic carboxylic acids is 1. The summed E-state index contributed by atoms with van der Waals surface area (Å²) in [6.07, 6.45) is 3.64. The zero-order valence-corrected chi connectivity index (χ0v) is 10.4. The molecule has 0 aromatic heterocycles. The second kappa shape index (κ2) is 6.09. The molecule has 1 aromatic carbocycles. The normalized spacial score (nSPS) is 11.1. The van der Waals surface area contributed by atoms with Gasteiger partial charge in [0.05, 0.1) is 12.5 Å². The highest BCUT2D eigenvalue weighted by Crippen LogP contribution is 2.21. The van der Waals surface area contributed by atoms with Crippen molar-refractivity contribution in [2.24, 2.45) is 0 Å². The van der Waals surface area contributed by atoms with Crippen molar-refractivity contribution in [2.75, 3.05) is 0 Å². The van der Waals surface area contributed by atoms with E-state index in [1.54, 1.807) is 12.2 Å². The van der Waals surface area contributed by atoms with Crippen LogP contribution in [-0.4, -0.2) is 17.2 Å². The largest absolute Gasteiger partial charge is 0.491 e. The highest BCUT2D eigenvalue weighted by Gasteiger charge is 2.02. The maximum absolute atomic E-state index is 10.4. The maximum Gasteiger partial charge on any atom is 0.307 e. The fourth-order valence-corrected chi connectivity index (χ4v) is 1.46. The molecule has 3 nitrogen and oxygen atoms in total. The van der Waals surface area contributed by atoms with Crippen molar-refractivity contribution in [1.29, 1.82) is 0 Å². The zero-order chi connectivity index (χ0) is 12.8. The second-order valence-electron chi connectivity index (χ2n) is 4.19. The van der Waals surface area contributed by atoms with Gasteiger partial charge in [0.25, 0.3) is 0 Å². The maximum atomic E-state index is 10.4. The van der Waals surface area contributed by atoms with Gasteiger partial charge in [-0.05, 0) is 44.0 Å². The number of benzene rings is 1. The van der Waals surface area contributed by atoms with Gasteiger partial charge in [-0.15, -0.1) is 0 Å². The molecular weight excluding hydrogens is 216 g/mol. The van der Waals surface area contributed by atoms with Crippen LogP contribution < -0.4 is 4.74 Å². The average molecular weight is 234 g/mol. The van der Waals surface area contributed by atoms with E-state index in [4.69, 9.17) is 9.84 Å². The third kappa shape index (κ3) is 4.72. The molecule has 0 saturated heterocycles. The molecule has 0 atom stereocenters. The average Bonchev–Trinajstić information content (AvgIpc) is 2.21. The summed E-state index contributed by atoms with van der Waals surface area (Å²) in [5.74, 6) is 0.0492. The van der Waals surface area contributed by atoms with Crippen LogP contribution >= 0.6 is 0 Å². The summed E-state index contributed by atoms with van der Waals surface area (Å²) in [4.78, 5) is 10.4. The van der Waals surface area contributed by atoms with Crippen molar-refractivity contribution in [1.82, 2.24) is 0 Å². The van der Waals surface area contributed by atoms with Crippen molar-refractivity contribution >= 4 is 12.0 Å². The molecule has 0 radical (unpaired) electrons. The molecule has 1 rings (SSSR count). The van der Waals surface area contributed by atoms with E-state index >= 15 is 0 Å². The summed E-state index contributed by atoms with van der Waals surface area (Å²) in [5, 5.41) is 8.52. The first-order valence-corrected chi connectivity index (χ1v) is 5.64. The molecule has 0 aliphatic heterocycles. The van der Waals surface area contributed by atoms with Gasteiger partial charge in [0, 0.05) is 0 Å². The first kappa shape index (κ1) is 13.3. The van der Waals surface area contributed by atoms with Gasteiger partial charge < -0.3 is 9.84 Å². The van der Waals surface area contributed by atoms with Crippen LogP contribution in [-0.2, 0) is 4.79 Å². The number of hydrogen-bond donors (Lipinski definition) is 1. The number of carboxylic acids is 1. The van der Waals surface area contributed by atoms with Gasteiger partial charge in [-0.2, -0.15) is 0 Å². The van der Waals surface area contributed by atoms with E-state index in [0.29, 0.717) is 0 Å². The topological polar surface area (TPSA) is 46.5 Å². The Kier molecular flexibility index (Phi) is 4.76. The van der Waals surface area contributed by atoms with Crippen LogP contribution in [0.25, 0.3) is 6.08 Å². The van der Waals surface area contributed by atoms with Gasteiger partial charge in [0.15, 0.2) is 0 Å². The Morgan fingerprint density at radius 2 is 2.18 bits per heavy atom. The number of aryl methyl sites for hydroxylation is 1. The molecule has 0 amide bonds. The number of rotatable bonds is 5. The molecule has 0 bridgehead atoms. The van der Waals surface area contributed by atoms with E-state index in [9.17, 15) is 4.79 Å². The van der Waals surface area contributed by atoms with Crippen molar-refractivity contribution in [3.05, 3.63) is 35.4 Å². The molecule has 0 aliphatic carbocycles. The lowest BCUT2D eigenvalue weighted by Gasteiger charge is -2.12. The van der Waals surface area contributed by atoms with Gasteiger partial charge in [0.2, 0.25) is 0 Å².